The van der Waals surface area contributed by atoms with Gasteiger partial charge in [-0.1, -0.05) is 148 Å². The van der Waals surface area contributed by atoms with Gasteiger partial charge in [-0.2, -0.15) is 8.42 Å². The van der Waals surface area contributed by atoms with E-state index in [1.807, 2.05) is 0 Å². The molecule has 0 saturated carbocycles. The number of ether oxygens (including phenoxy) is 4. The third-order valence-electron chi connectivity index (χ3n) is 11.3. The first-order chi connectivity index (χ1) is 30.0. The molecule has 0 amide bonds. The van der Waals surface area contributed by atoms with Gasteiger partial charge in [0.1, 0.15) is 36.8 Å². The fourth-order valence-corrected chi connectivity index (χ4v) is 8.10. The molecule has 0 aromatic carbocycles. The van der Waals surface area contributed by atoms with Gasteiger partial charge in [0.15, 0.2) is 12.4 Å². The summed E-state index contributed by atoms with van der Waals surface area (Å²) < 4.78 is 54.1. The summed E-state index contributed by atoms with van der Waals surface area (Å²) in [6.07, 6.45) is 32.8. The fourth-order valence-electron chi connectivity index (χ4n) is 7.41. The van der Waals surface area contributed by atoms with E-state index >= 15 is 0 Å². The third-order valence-corrected chi connectivity index (χ3v) is 12.0. The number of esters is 2. The highest BCUT2D eigenvalue weighted by Gasteiger charge is 2.46. The van der Waals surface area contributed by atoms with Crippen molar-refractivity contribution in [1.82, 2.24) is 0 Å². The molecular formula is C49H88O12S. The monoisotopic (exact) mass is 901 g/mol. The quantitative estimate of drug-likeness (QED) is 0.0150. The van der Waals surface area contributed by atoms with Crippen LogP contribution in [0.15, 0.2) is 30.0 Å². The highest BCUT2D eigenvalue weighted by molar-refractivity contribution is 7.85. The molecule has 12 nitrogen and oxygen atoms in total. The van der Waals surface area contributed by atoms with Crippen molar-refractivity contribution in [3.05, 3.63) is 30.0 Å². The molecule has 62 heavy (non-hydrogen) atoms. The topological polar surface area (TPSA) is 186 Å². The third kappa shape index (κ3) is 33.4. The van der Waals surface area contributed by atoms with Crippen molar-refractivity contribution in [2.24, 2.45) is 0 Å². The molecule has 6 atom stereocenters. The highest BCUT2D eigenvalue weighted by atomic mass is 32.2. The van der Waals surface area contributed by atoms with Gasteiger partial charge >= 0.3 is 11.9 Å². The van der Waals surface area contributed by atoms with E-state index in [9.17, 15) is 37.9 Å². The Kier molecular flexibility index (Phi) is 36.7. The number of allylic oxidation sites excluding steroid dienone is 3. The first-order valence-electron chi connectivity index (χ1n) is 24.6. The molecule has 1 heterocycles. The van der Waals surface area contributed by atoms with E-state index < -0.39 is 71.2 Å². The molecule has 1 rings (SSSR count). The number of rotatable bonds is 41. The van der Waals surface area contributed by atoms with Crippen LogP contribution in [-0.4, -0.2) is 96.0 Å². The maximum atomic E-state index is 12.8. The number of carbonyl (C=O) groups is 2. The van der Waals surface area contributed by atoms with Crippen molar-refractivity contribution < 1.29 is 56.8 Å². The number of carbonyl (C=O) groups excluding carboxylic acids is 2. The number of aliphatic hydroxyl groups excluding tert-OH is 3. The van der Waals surface area contributed by atoms with E-state index in [4.69, 9.17) is 18.9 Å². The second-order valence-electron chi connectivity index (χ2n) is 17.2. The van der Waals surface area contributed by atoms with Crippen molar-refractivity contribution in [1.29, 1.82) is 0 Å². The molecule has 0 aromatic heterocycles. The summed E-state index contributed by atoms with van der Waals surface area (Å²) >= 11 is 0. The Morgan fingerprint density at radius 2 is 1.02 bits per heavy atom. The molecular weight excluding hydrogens is 813 g/mol. The van der Waals surface area contributed by atoms with Crippen LogP contribution in [-0.2, 0) is 38.7 Å². The number of hydrogen-bond donors (Lipinski definition) is 4. The molecule has 4 N–H and O–H groups in total. The summed E-state index contributed by atoms with van der Waals surface area (Å²) in [5, 5.41) is 30.9. The Hall–Kier alpha value is -2.09. The summed E-state index contributed by atoms with van der Waals surface area (Å²) in [5.74, 6) is -2.00. The Bertz CT molecular complexity index is 1300. The van der Waals surface area contributed by atoms with Crippen molar-refractivity contribution in [2.45, 2.75) is 250 Å². The maximum Gasteiger partial charge on any atom is 0.306 e. The van der Waals surface area contributed by atoms with Crippen molar-refractivity contribution in [2.75, 3.05) is 19.0 Å². The molecule has 0 aliphatic carbocycles. The summed E-state index contributed by atoms with van der Waals surface area (Å²) in [4.78, 5) is 25.5. The largest absolute Gasteiger partial charge is 0.462 e. The molecule has 1 saturated heterocycles. The van der Waals surface area contributed by atoms with Gasteiger partial charge in [0.05, 0.1) is 6.61 Å². The van der Waals surface area contributed by atoms with Gasteiger partial charge in [0, 0.05) is 12.8 Å². The number of hydrogen-bond acceptors (Lipinski definition) is 11. The Morgan fingerprint density at radius 1 is 0.581 bits per heavy atom. The summed E-state index contributed by atoms with van der Waals surface area (Å²) in [5.41, 5.74) is 3.28. The minimum Gasteiger partial charge on any atom is -0.462 e. The lowest BCUT2D eigenvalue weighted by Gasteiger charge is -2.40. The molecule has 0 spiro atoms. The van der Waals surface area contributed by atoms with E-state index in [0.717, 1.165) is 57.8 Å². The average Bonchev–Trinajstić information content (AvgIpc) is 3.24. The second-order valence-corrected chi connectivity index (χ2v) is 18.7. The standard InChI is InChI=1S/C49H88O12S/c1-3-5-7-9-11-13-15-17-19-20-21-22-24-25-27-29-31-33-35-37-44(50)58-39-42(40-59-49-48(54)47(53)46(52)43(61-49)41-62(55,56)57)60-45(51)38-36-34-32-30-28-26-23-18-16-14-12-10-8-6-4-2/h16-17,19,23,42-43,46-49,52-54H,3-15,20-22,24-41H2,1-2H3,(H,55,56,57)/b19-17+/t18?,42-,43-,46-,47?,48?,49+/m1/s1. The van der Waals surface area contributed by atoms with Gasteiger partial charge in [-0.25, -0.2) is 0 Å². The van der Waals surface area contributed by atoms with E-state index in [0.29, 0.717) is 12.8 Å². The lowest BCUT2D eigenvalue weighted by molar-refractivity contribution is -0.297. The summed E-state index contributed by atoms with van der Waals surface area (Å²) in [6, 6.07) is 0. The lowest BCUT2D eigenvalue weighted by atomic mass is 10.00. The van der Waals surface area contributed by atoms with E-state index in [2.05, 4.69) is 43.9 Å². The van der Waals surface area contributed by atoms with Crippen LogP contribution in [0.1, 0.15) is 213 Å². The van der Waals surface area contributed by atoms with Crippen LogP contribution in [0.5, 0.6) is 0 Å². The molecule has 1 aliphatic rings. The Morgan fingerprint density at radius 3 is 1.50 bits per heavy atom. The van der Waals surface area contributed by atoms with E-state index in [-0.39, 0.29) is 19.4 Å². The predicted octanol–water partition coefficient (Wildman–Crippen LogP) is 10.6. The molecule has 0 radical (unpaired) electrons. The van der Waals surface area contributed by atoms with Crippen molar-refractivity contribution in [3.63, 3.8) is 0 Å². The zero-order valence-electron chi connectivity index (χ0n) is 38.8. The van der Waals surface area contributed by atoms with Gasteiger partial charge in [-0.15, -0.1) is 5.73 Å². The van der Waals surface area contributed by atoms with Crippen LogP contribution >= 0.6 is 0 Å². The minimum absolute atomic E-state index is 0.145. The van der Waals surface area contributed by atoms with Crippen LogP contribution in [0.4, 0.5) is 0 Å². The van der Waals surface area contributed by atoms with E-state index in [1.54, 1.807) is 0 Å². The van der Waals surface area contributed by atoms with Gasteiger partial charge in [-0.3, -0.25) is 14.1 Å². The number of unbranched alkanes of at least 4 members (excludes halogenated alkanes) is 25. The molecule has 362 valence electrons. The van der Waals surface area contributed by atoms with Crippen LogP contribution in [0.25, 0.3) is 0 Å². The normalized spacial score (nSPS) is 19.6. The van der Waals surface area contributed by atoms with Crippen molar-refractivity contribution in [3.8, 4) is 0 Å². The van der Waals surface area contributed by atoms with Crippen LogP contribution in [0.2, 0.25) is 0 Å². The zero-order valence-corrected chi connectivity index (χ0v) is 39.6. The maximum absolute atomic E-state index is 12.8. The second kappa shape index (κ2) is 39.3. The van der Waals surface area contributed by atoms with Gasteiger partial charge < -0.3 is 34.3 Å². The first kappa shape index (κ1) is 57.9. The molecule has 1 fully saturated rings. The Labute approximate surface area is 376 Å². The van der Waals surface area contributed by atoms with Crippen molar-refractivity contribution >= 4 is 22.1 Å². The van der Waals surface area contributed by atoms with Crippen LogP contribution < -0.4 is 0 Å². The van der Waals surface area contributed by atoms with Gasteiger partial charge in [0.25, 0.3) is 10.1 Å². The smallest absolute Gasteiger partial charge is 0.306 e. The Balaban J connectivity index is 2.41. The minimum atomic E-state index is -4.61. The van der Waals surface area contributed by atoms with Gasteiger partial charge in [-0.05, 0) is 76.4 Å². The predicted molar refractivity (Wildman–Crippen MR) is 246 cm³/mol. The highest BCUT2D eigenvalue weighted by Crippen LogP contribution is 2.24. The first-order valence-corrected chi connectivity index (χ1v) is 26.2. The number of aliphatic hydroxyl groups is 3. The molecule has 0 aromatic rings. The lowest BCUT2D eigenvalue weighted by Crippen LogP contribution is -2.60. The van der Waals surface area contributed by atoms with E-state index in [1.165, 1.54) is 116 Å². The average molecular weight is 901 g/mol. The molecule has 13 heteroatoms. The molecule has 2 unspecified atom stereocenters. The molecule has 0 bridgehead atoms. The zero-order chi connectivity index (χ0) is 45.5. The van der Waals surface area contributed by atoms with Crippen LogP contribution in [0.3, 0.4) is 0 Å². The van der Waals surface area contributed by atoms with Crippen LogP contribution in [0, 0.1) is 0 Å². The summed E-state index contributed by atoms with van der Waals surface area (Å²) in [6.45, 7) is 3.74. The molecule has 1 aliphatic heterocycles. The van der Waals surface area contributed by atoms with Gasteiger partial charge in [0.2, 0.25) is 0 Å². The fraction of sp³-hybridized carbons (Fsp3) is 0.857. The summed E-state index contributed by atoms with van der Waals surface area (Å²) in [7, 11) is -4.61. The SMILES string of the molecule is CCCCCCCC=C=CCCCCCCCC(=O)O[C@H](COC(=O)CCCCCCCCCCC/C=C/CCCCCCCC)CO[C@H]1O[C@H](CS(=O)(=O)O)[C@@H](O)C(O)C1O.